The maximum absolute atomic E-state index is 12.0. The van der Waals surface area contributed by atoms with Gasteiger partial charge in [0, 0.05) is 50.7 Å². The van der Waals surface area contributed by atoms with Gasteiger partial charge in [0.1, 0.15) is 12.2 Å². The minimum absolute atomic E-state index is 0.0613. The Morgan fingerprint density at radius 3 is 2.76 bits per heavy atom. The van der Waals surface area contributed by atoms with Gasteiger partial charge >= 0.3 is 0 Å². The number of hydrogen-bond acceptors (Lipinski definition) is 7. The van der Waals surface area contributed by atoms with E-state index in [1.54, 1.807) is 6.08 Å². The Labute approximate surface area is 196 Å². The van der Waals surface area contributed by atoms with Crippen molar-refractivity contribution in [3.05, 3.63) is 36.0 Å². The summed E-state index contributed by atoms with van der Waals surface area (Å²) in [7, 11) is 1.46. The minimum Gasteiger partial charge on any atom is -0.471 e. The molecule has 0 saturated heterocycles. The van der Waals surface area contributed by atoms with Gasteiger partial charge in [-0.05, 0) is 29.9 Å². The lowest BCUT2D eigenvalue weighted by atomic mass is 9.71. The van der Waals surface area contributed by atoms with Crippen LogP contribution >= 0.6 is 0 Å². The number of amides is 1. The molecule has 8 nitrogen and oxygen atoms in total. The first kappa shape index (κ1) is 25.6. The molecule has 184 valence electrons. The molecule has 1 saturated carbocycles. The van der Waals surface area contributed by atoms with Crippen LogP contribution in [0.1, 0.15) is 63.6 Å². The Balaban J connectivity index is 1.75. The highest BCUT2D eigenvalue weighted by Crippen LogP contribution is 2.48. The summed E-state index contributed by atoms with van der Waals surface area (Å²) in [5.41, 5.74) is 1.81. The third kappa shape index (κ3) is 6.76. The molecular formula is C25H39N3O5. The molecule has 1 amide bonds. The van der Waals surface area contributed by atoms with E-state index in [0.717, 1.165) is 17.5 Å². The maximum atomic E-state index is 12.0. The van der Waals surface area contributed by atoms with Gasteiger partial charge in [-0.15, -0.1) is 6.58 Å². The number of nitrogens with one attached hydrogen (secondary N) is 2. The van der Waals surface area contributed by atoms with Crippen LogP contribution in [0.5, 0.6) is 5.88 Å². The third-order valence-electron chi connectivity index (χ3n) is 6.23. The minimum atomic E-state index is -0.816. The number of carbonyl (C=O) groups is 1. The standard InChI is InChI=1S/C25H39N3O5/c1-6-7-19(28-22(31)15-32-5)21(30)14-26-20-12-25(10-17(29)11-25)33-23-18(20)8-16(13-27-23)9-24(2,3)4/h6,8,13,17,19-21,26,29-30H,1,7,9-12,14-15H2,2-5H3,(H,28,31)/t17?,19-,20-,21+,25?/m0/s1. The van der Waals surface area contributed by atoms with Crippen molar-refractivity contribution >= 4 is 5.91 Å². The van der Waals surface area contributed by atoms with E-state index in [2.05, 4.69) is 49.0 Å². The summed E-state index contributed by atoms with van der Waals surface area (Å²) in [5, 5.41) is 27.1. The van der Waals surface area contributed by atoms with Gasteiger partial charge in [-0.1, -0.05) is 26.8 Å². The van der Waals surface area contributed by atoms with Crippen LogP contribution in [0.4, 0.5) is 0 Å². The smallest absolute Gasteiger partial charge is 0.246 e. The highest BCUT2D eigenvalue weighted by Gasteiger charge is 2.51. The molecule has 0 radical (unpaired) electrons. The zero-order valence-corrected chi connectivity index (χ0v) is 20.3. The van der Waals surface area contributed by atoms with Crippen LogP contribution in [-0.2, 0) is 16.0 Å². The fourth-order valence-electron chi connectivity index (χ4n) is 4.80. The number of methoxy groups -OCH3 is 1. The second kappa shape index (κ2) is 10.5. The summed E-state index contributed by atoms with van der Waals surface area (Å²) in [6.45, 7) is 10.5. The van der Waals surface area contributed by atoms with E-state index in [-0.39, 0.29) is 36.6 Å². The molecule has 2 heterocycles. The number of aliphatic hydroxyl groups excluding tert-OH is 2. The molecule has 1 aromatic rings. The van der Waals surface area contributed by atoms with Gasteiger partial charge in [-0.2, -0.15) is 0 Å². The molecule has 0 bridgehead atoms. The number of carbonyl (C=O) groups excluding carboxylic acids is 1. The molecule has 3 rings (SSSR count). The molecule has 1 aromatic heterocycles. The van der Waals surface area contributed by atoms with Crippen molar-refractivity contribution in [1.29, 1.82) is 0 Å². The number of hydrogen-bond donors (Lipinski definition) is 4. The summed E-state index contributed by atoms with van der Waals surface area (Å²) in [4.78, 5) is 16.6. The molecule has 1 aliphatic carbocycles. The maximum Gasteiger partial charge on any atom is 0.246 e. The topological polar surface area (TPSA) is 113 Å². The van der Waals surface area contributed by atoms with E-state index in [0.29, 0.717) is 31.6 Å². The van der Waals surface area contributed by atoms with Gasteiger partial charge in [0.15, 0.2) is 0 Å². The first-order valence-corrected chi connectivity index (χ1v) is 11.7. The second-order valence-corrected chi connectivity index (χ2v) is 10.7. The van der Waals surface area contributed by atoms with Crippen molar-refractivity contribution in [2.45, 2.75) is 82.8 Å². The van der Waals surface area contributed by atoms with Crippen LogP contribution in [0.25, 0.3) is 0 Å². The Morgan fingerprint density at radius 2 is 2.15 bits per heavy atom. The van der Waals surface area contributed by atoms with E-state index in [4.69, 9.17) is 9.47 Å². The first-order valence-electron chi connectivity index (χ1n) is 11.7. The lowest BCUT2D eigenvalue weighted by molar-refractivity contribution is -0.126. The van der Waals surface area contributed by atoms with Crippen molar-refractivity contribution < 1.29 is 24.5 Å². The van der Waals surface area contributed by atoms with E-state index < -0.39 is 17.7 Å². The number of ether oxygens (including phenoxy) is 2. The molecule has 0 aromatic carbocycles. The Morgan fingerprint density at radius 1 is 1.42 bits per heavy atom. The predicted molar refractivity (Wildman–Crippen MR) is 126 cm³/mol. The van der Waals surface area contributed by atoms with E-state index >= 15 is 0 Å². The van der Waals surface area contributed by atoms with Crippen molar-refractivity contribution in [3.8, 4) is 5.88 Å². The summed E-state index contributed by atoms with van der Waals surface area (Å²) >= 11 is 0. The van der Waals surface area contributed by atoms with Crippen LogP contribution in [0.2, 0.25) is 0 Å². The Hall–Kier alpha value is -2.00. The van der Waals surface area contributed by atoms with Gasteiger partial charge in [-0.3, -0.25) is 4.79 Å². The number of fused-ring (bicyclic) bond motifs is 1. The molecule has 1 aliphatic heterocycles. The molecule has 0 unspecified atom stereocenters. The second-order valence-electron chi connectivity index (χ2n) is 10.7. The zero-order valence-electron chi connectivity index (χ0n) is 20.3. The normalized spacial score (nSPS) is 26.0. The van der Waals surface area contributed by atoms with Gasteiger partial charge in [0.05, 0.1) is 18.2 Å². The predicted octanol–water partition coefficient (Wildman–Crippen LogP) is 2.05. The molecule has 4 N–H and O–H groups in total. The van der Waals surface area contributed by atoms with Crippen LogP contribution in [0, 0.1) is 5.41 Å². The Kier molecular flexibility index (Phi) is 8.16. The molecule has 8 heteroatoms. The van der Waals surface area contributed by atoms with Crippen molar-refractivity contribution in [1.82, 2.24) is 15.6 Å². The highest BCUT2D eigenvalue weighted by atomic mass is 16.5. The number of pyridine rings is 1. The van der Waals surface area contributed by atoms with Crippen LogP contribution in [-0.4, -0.2) is 65.2 Å². The average Bonchev–Trinajstić information content (AvgIpc) is 2.70. The molecule has 1 fully saturated rings. The fourth-order valence-corrected chi connectivity index (χ4v) is 4.80. The summed E-state index contributed by atoms with van der Waals surface area (Å²) in [5.74, 6) is 0.312. The highest BCUT2D eigenvalue weighted by molar-refractivity contribution is 5.77. The third-order valence-corrected chi connectivity index (χ3v) is 6.23. The lowest BCUT2D eigenvalue weighted by Gasteiger charge is -2.50. The van der Waals surface area contributed by atoms with Crippen LogP contribution < -0.4 is 15.4 Å². The van der Waals surface area contributed by atoms with E-state index in [9.17, 15) is 15.0 Å². The van der Waals surface area contributed by atoms with E-state index in [1.807, 2.05) is 6.20 Å². The van der Waals surface area contributed by atoms with Crippen molar-refractivity contribution in [2.24, 2.45) is 5.41 Å². The molecule has 2 aliphatic rings. The lowest BCUT2D eigenvalue weighted by Crippen LogP contribution is -2.56. The quantitative estimate of drug-likeness (QED) is 0.395. The molecule has 33 heavy (non-hydrogen) atoms. The average molecular weight is 462 g/mol. The molecular weight excluding hydrogens is 422 g/mol. The molecule has 1 spiro atoms. The monoisotopic (exact) mass is 461 g/mol. The number of rotatable bonds is 10. The van der Waals surface area contributed by atoms with Crippen LogP contribution in [0.15, 0.2) is 24.9 Å². The largest absolute Gasteiger partial charge is 0.471 e. The van der Waals surface area contributed by atoms with Gasteiger partial charge in [0.2, 0.25) is 11.8 Å². The van der Waals surface area contributed by atoms with Gasteiger partial charge in [-0.25, -0.2) is 4.98 Å². The van der Waals surface area contributed by atoms with Gasteiger partial charge in [0.25, 0.3) is 0 Å². The number of aliphatic hydroxyl groups is 2. The fraction of sp³-hybridized carbons (Fsp3) is 0.680. The number of aromatic nitrogens is 1. The van der Waals surface area contributed by atoms with Gasteiger partial charge < -0.3 is 30.3 Å². The van der Waals surface area contributed by atoms with Crippen molar-refractivity contribution in [2.75, 3.05) is 20.3 Å². The zero-order chi connectivity index (χ0) is 24.2. The van der Waals surface area contributed by atoms with Crippen molar-refractivity contribution in [3.63, 3.8) is 0 Å². The molecule has 3 atom stereocenters. The first-order chi connectivity index (χ1) is 15.5. The summed E-state index contributed by atoms with van der Waals surface area (Å²) < 4.78 is 11.1. The van der Waals surface area contributed by atoms with E-state index in [1.165, 1.54) is 7.11 Å². The number of nitrogens with zero attached hydrogens (tertiary/aromatic N) is 1. The summed E-state index contributed by atoms with van der Waals surface area (Å²) in [6, 6.07) is 1.59. The Bertz CT molecular complexity index is 832. The summed E-state index contributed by atoms with van der Waals surface area (Å²) in [6.07, 6.45) is 5.54. The van der Waals surface area contributed by atoms with Crippen LogP contribution in [0.3, 0.4) is 0 Å². The SMILES string of the molecule is C=CC[C@H](NC(=O)COC)[C@H](O)CN[C@H]1CC2(CC(O)C2)Oc2ncc(CC(C)(C)C)cc21.